The molecule has 0 spiro atoms. The smallest absolute Gasteiger partial charge is 0.258 e. The predicted octanol–water partition coefficient (Wildman–Crippen LogP) is 2.60. The van der Waals surface area contributed by atoms with Gasteiger partial charge in [-0.05, 0) is 6.07 Å². The predicted molar refractivity (Wildman–Crippen MR) is 51.1 cm³/mol. The fourth-order valence-corrected chi connectivity index (χ4v) is 1.97. The van der Waals surface area contributed by atoms with E-state index in [1.165, 1.54) is 0 Å². The minimum absolute atomic E-state index is 0.256. The molecule has 0 bridgehead atoms. The van der Waals surface area contributed by atoms with Crippen molar-refractivity contribution in [2.75, 3.05) is 0 Å². The van der Waals surface area contributed by atoms with E-state index in [2.05, 4.69) is 0 Å². The van der Waals surface area contributed by atoms with E-state index >= 15 is 0 Å². The van der Waals surface area contributed by atoms with Gasteiger partial charge >= 0.3 is 5.69 Å². The van der Waals surface area contributed by atoms with Crippen LogP contribution in [0.15, 0.2) is 17.0 Å². The van der Waals surface area contributed by atoms with Gasteiger partial charge in [0.15, 0.2) is 0 Å². The van der Waals surface area contributed by atoms with Crippen molar-refractivity contribution in [2.24, 2.45) is 0 Å². The van der Waals surface area contributed by atoms with Crippen LogP contribution >= 0.6 is 10.7 Å². The normalized spacial score (nSPS) is 11.8. The Morgan fingerprint density at radius 1 is 1.35 bits per heavy atom. The molecule has 5 nitrogen and oxygen atoms in total. The Labute approximate surface area is 97.4 Å². The number of hydrogen-bond acceptors (Lipinski definition) is 4. The first-order valence-electron chi connectivity index (χ1n) is 3.85. The van der Waals surface area contributed by atoms with Crippen molar-refractivity contribution in [2.45, 2.75) is 11.3 Å². The number of halogens is 4. The molecule has 0 aromatic heterocycles. The minimum Gasteiger partial charge on any atom is -0.258 e. The Kier molecular flexibility index (Phi) is 3.62. The largest absolute Gasteiger partial charge is 0.306 e. The average Bonchev–Trinajstić information content (AvgIpc) is 2.15. The molecule has 0 unspecified atom stereocenters. The van der Waals surface area contributed by atoms with Gasteiger partial charge in [-0.2, -0.15) is 4.39 Å². The number of nitrogens with zero attached hydrogens (tertiary/aromatic N) is 1. The van der Waals surface area contributed by atoms with E-state index in [0.717, 1.165) is 0 Å². The van der Waals surface area contributed by atoms with Gasteiger partial charge in [-0.3, -0.25) is 10.1 Å². The SMILES string of the molecule is O=[N+]([O-])c1cc(C(F)F)cc(S(=O)(=O)Cl)c1F. The van der Waals surface area contributed by atoms with Crippen molar-refractivity contribution < 1.29 is 26.5 Å². The third kappa shape index (κ3) is 2.86. The van der Waals surface area contributed by atoms with Crippen LogP contribution in [0.2, 0.25) is 0 Å². The van der Waals surface area contributed by atoms with Gasteiger partial charge in [-0.15, -0.1) is 0 Å². The molecule has 1 aromatic carbocycles. The maximum absolute atomic E-state index is 13.3. The van der Waals surface area contributed by atoms with E-state index in [4.69, 9.17) is 10.7 Å². The zero-order chi connectivity index (χ0) is 13.4. The van der Waals surface area contributed by atoms with Crippen LogP contribution in [0.1, 0.15) is 12.0 Å². The lowest BCUT2D eigenvalue weighted by Gasteiger charge is -2.04. The van der Waals surface area contributed by atoms with Crippen LogP contribution in [-0.4, -0.2) is 13.3 Å². The van der Waals surface area contributed by atoms with Crippen LogP contribution in [0.3, 0.4) is 0 Å². The molecule has 0 radical (unpaired) electrons. The summed E-state index contributed by atoms with van der Waals surface area (Å²) in [6.07, 6.45) is -3.19. The second-order valence-corrected chi connectivity index (χ2v) is 5.38. The second kappa shape index (κ2) is 4.49. The van der Waals surface area contributed by atoms with Gasteiger partial charge in [0.1, 0.15) is 4.90 Å². The molecular weight excluding hydrogens is 287 g/mol. The first-order chi connectivity index (χ1) is 7.64. The fourth-order valence-electron chi connectivity index (χ4n) is 1.04. The summed E-state index contributed by atoms with van der Waals surface area (Å²) < 4.78 is 59.7. The highest BCUT2D eigenvalue weighted by Crippen LogP contribution is 2.32. The molecule has 0 atom stereocenters. The molecule has 0 amide bonds. The van der Waals surface area contributed by atoms with Crippen LogP contribution in [0.4, 0.5) is 18.9 Å². The molecule has 1 aromatic rings. The van der Waals surface area contributed by atoms with Crippen molar-refractivity contribution in [1.29, 1.82) is 0 Å². The average molecular weight is 290 g/mol. The van der Waals surface area contributed by atoms with Crippen LogP contribution in [0.5, 0.6) is 0 Å². The van der Waals surface area contributed by atoms with Gasteiger partial charge in [0.05, 0.1) is 4.92 Å². The van der Waals surface area contributed by atoms with Crippen LogP contribution < -0.4 is 0 Å². The minimum atomic E-state index is -4.69. The van der Waals surface area contributed by atoms with E-state index in [9.17, 15) is 31.7 Å². The summed E-state index contributed by atoms with van der Waals surface area (Å²) in [5.41, 5.74) is -2.38. The Bertz CT molecular complexity index is 575. The Morgan fingerprint density at radius 3 is 2.24 bits per heavy atom. The lowest BCUT2D eigenvalue weighted by molar-refractivity contribution is -0.388. The number of rotatable bonds is 3. The van der Waals surface area contributed by atoms with Crippen molar-refractivity contribution in [3.63, 3.8) is 0 Å². The van der Waals surface area contributed by atoms with E-state index in [0.29, 0.717) is 0 Å². The summed E-state index contributed by atoms with van der Waals surface area (Å²) in [6.45, 7) is 0. The highest BCUT2D eigenvalue weighted by atomic mass is 35.7. The van der Waals surface area contributed by atoms with Gasteiger partial charge in [-0.25, -0.2) is 17.2 Å². The second-order valence-electron chi connectivity index (χ2n) is 2.85. The molecular formula is C7H3ClF3NO4S. The molecule has 10 heteroatoms. The molecule has 0 heterocycles. The molecule has 17 heavy (non-hydrogen) atoms. The summed E-state index contributed by atoms with van der Waals surface area (Å²) in [7, 11) is 0.0958. The molecule has 94 valence electrons. The monoisotopic (exact) mass is 289 g/mol. The summed E-state index contributed by atoms with van der Waals surface area (Å²) in [6, 6.07) is 0.515. The Hall–Kier alpha value is -1.35. The van der Waals surface area contributed by atoms with E-state index in [1.54, 1.807) is 0 Å². The zero-order valence-electron chi connectivity index (χ0n) is 7.73. The van der Waals surface area contributed by atoms with Crippen LogP contribution in [0, 0.1) is 15.9 Å². The highest BCUT2D eigenvalue weighted by Gasteiger charge is 2.28. The molecule has 0 aliphatic rings. The number of alkyl halides is 2. The molecule has 0 saturated carbocycles. The van der Waals surface area contributed by atoms with Crippen LogP contribution in [-0.2, 0) is 9.05 Å². The van der Waals surface area contributed by atoms with Crippen LogP contribution in [0.25, 0.3) is 0 Å². The van der Waals surface area contributed by atoms with Crippen molar-refractivity contribution in [3.8, 4) is 0 Å². The molecule has 0 saturated heterocycles. The zero-order valence-corrected chi connectivity index (χ0v) is 9.30. The molecule has 0 aliphatic carbocycles. The van der Waals surface area contributed by atoms with Gasteiger partial charge in [0, 0.05) is 22.3 Å². The van der Waals surface area contributed by atoms with Crippen molar-refractivity contribution >= 4 is 25.4 Å². The van der Waals surface area contributed by atoms with Crippen molar-refractivity contribution in [3.05, 3.63) is 33.6 Å². The number of hydrogen-bond donors (Lipinski definition) is 0. The number of nitro benzene ring substituents is 1. The third-order valence-electron chi connectivity index (χ3n) is 1.75. The number of benzene rings is 1. The lowest BCUT2D eigenvalue weighted by atomic mass is 10.2. The Balaban J connectivity index is 3.67. The first-order valence-corrected chi connectivity index (χ1v) is 6.16. The summed E-state index contributed by atoms with van der Waals surface area (Å²) in [5, 5.41) is 10.4. The fraction of sp³-hybridized carbons (Fsp3) is 0.143. The van der Waals surface area contributed by atoms with Gasteiger partial charge in [-0.1, -0.05) is 0 Å². The standard InChI is InChI=1S/C7H3ClF3NO4S/c8-17(15,16)5-2-3(7(10)11)1-4(6(5)9)12(13)14/h1-2,7H. The van der Waals surface area contributed by atoms with Gasteiger partial charge in [0.2, 0.25) is 5.82 Å². The summed E-state index contributed by atoms with van der Waals surface area (Å²) in [4.78, 5) is 7.70. The maximum atomic E-state index is 13.3. The molecule has 1 rings (SSSR count). The van der Waals surface area contributed by atoms with Crippen molar-refractivity contribution in [1.82, 2.24) is 0 Å². The summed E-state index contributed by atoms with van der Waals surface area (Å²) in [5.74, 6) is -1.77. The highest BCUT2D eigenvalue weighted by molar-refractivity contribution is 8.13. The first kappa shape index (κ1) is 13.7. The molecule has 0 fully saturated rings. The molecule has 0 N–H and O–H groups in total. The quantitative estimate of drug-likeness (QED) is 0.487. The van der Waals surface area contributed by atoms with E-state index < -0.39 is 42.4 Å². The summed E-state index contributed by atoms with van der Waals surface area (Å²) >= 11 is 0. The van der Waals surface area contributed by atoms with E-state index in [-0.39, 0.29) is 12.1 Å². The topological polar surface area (TPSA) is 77.3 Å². The molecule has 0 aliphatic heterocycles. The van der Waals surface area contributed by atoms with Gasteiger partial charge in [0.25, 0.3) is 15.5 Å². The lowest BCUT2D eigenvalue weighted by Crippen LogP contribution is -2.03. The van der Waals surface area contributed by atoms with Gasteiger partial charge < -0.3 is 0 Å². The maximum Gasteiger partial charge on any atom is 0.306 e. The third-order valence-corrected chi connectivity index (χ3v) is 3.07. The Morgan fingerprint density at radius 2 is 1.88 bits per heavy atom. The van der Waals surface area contributed by atoms with E-state index in [1.807, 2.05) is 0 Å². The number of nitro groups is 1.